The maximum absolute atomic E-state index is 7.83. The summed E-state index contributed by atoms with van der Waals surface area (Å²) in [6.45, 7) is 4.25. The summed E-state index contributed by atoms with van der Waals surface area (Å²) < 4.78 is 0. The third-order valence-electron chi connectivity index (χ3n) is 3.95. The molecule has 2 aromatic rings. The molecule has 4 heteroatoms. The highest BCUT2D eigenvalue weighted by Gasteiger charge is 2.21. The molecular weight excluding hydrogens is 248 g/mol. The minimum atomic E-state index is 0.0940. The van der Waals surface area contributed by atoms with Gasteiger partial charge in [0, 0.05) is 18.5 Å². The zero-order chi connectivity index (χ0) is 14.1. The van der Waals surface area contributed by atoms with Gasteiger partial charge in [-0.2, -0.15) is 0 Å². The molecule has 2 heterocycles. The first-order valence-electron chi connectivity index (χ1n) is 7.14. The van der Waals surface area contributed by atoms with Gasteiger partial charge in [0.05, 0.1) is 11.1 Å². The van der Waals surface area contributed by atoms with Gasteiger partial charge in [-0.1, -0.05) is 25.1 Å². The summed E-state index contributed by atoms with van der Waals surface area (Å²) in [5.74, 6) is 1.62. The van der Waals surface area contributed by atoms with E-state index in [1.54, 1.807) is 0 Å². The average Bonchev–Trinajstić information content (AvgIpc) is 2.46. The molecule has 1 fully saturated rings. The van der Waals surface area contributed by atoms with Crippen LogP contribution >= 0.6 is 0 Å². The molecule has 0 radical (unpaired) electrons. The van der Waals surface area contributed by atoms with Crippen molar-refractivity contribution in [2.75, 3.05) is 18.0 Å². The minimum absolute atomic E-state index is 0.0940. The van der Waals surface area contributed by atoms with Crippen LogP contribution in [0, 0.1) is 11.3 Å². The number of hydrogen-bond acceptors (Lipinski definition) is 3. The van der Waals surface area contributed by atoms with Crippen LogP contribution < -0.4 is 10.6 Å². The van der Waals surface area contributed by atoms with E-state index in [1.807, 2.05) is 30.3 Å². The molecule has 1 saturated heterocycles. The number of fused-ring (bicyclic) bond motifs is 1. The van der Waals surface area contributed by atoms with E-state index in [0.29, 0.717) is 5.92 Å². The van der Waals surface area contributed by atoms with Crippen molar-refractivity contribution in [1.29, 1.82) is 5.41 Å². The number of hydrogen-bond donors (Lipinski definition) is 2. The average molecular weight is 268 g/mol. The lowest BCUT2D eigenvalue weighted by Crippen LogP contribution is -2.36. The number of nitrogens with two attached hydrogens (primary N) is 1. The molecular formula is C16H20N4. The largest absolute Gasteiger partial charge is 0.384 e. The number of nitrogens with one attached hydrogen (secondary N) is 1. The van der Waals surface area contributed by atoms with Crippen molar-refractivity contribution < 1.29 is 0 Å². The van der Waals surface area contributed by atoms with Crippen LogP contribution in [0.25, 0.3) is 10.9 Å². The van der Waals surface area contributed by atoms with E-state index < -0.39 is 0 Å². The molecule has 0 bridgehead atoms. The number of pyridine rings is 1. The van der Waals surface area contributed by atoms with Crippen molar-refractivity contribution in [3.63, 3.8) is 0 Å². The SMILES string of the molecule is CC1CCCN(c2nc3ccccc3cc2C(=N)N)C1. The van der Waals surface area contributed by atoms with Gasteiger partial charge in [-0.25, -0.2) is 4.98 Å². The van der Waals surface area contributed by atoms with Crippen LogP contribution in [0.2, 0.25) is 0 Å². The number of para-hydroxylation sites is 1. The Morgan fingerprint density at radius 2 is 2.20 bits per heavy atom. The predicted octanol–water partition coefficient (Wildman–Crippen LogP) is 2.76. The summed E-state index contributed by atoms with van der Waals surface area (Å²) in [5.41, 5.74) is 7.48. The summed E-state index contributed by atoms with van der Waals surface area (Å²) in [4.78, 5) is 7.03. The second kappa shape index (κ2) is 5.12. The Labute approximate surface area is 119 Å². The van der Waals surface area contributed by atoms with E-state index in [9.17, 15) is 0 Å². The quantitative estimate of drug-likeness (QED) is 0.650. The Kier molecular flexibility index (Phi) is 3.30. The van der Waals surface area contributed by atoms with E-state index >= 15 is 0 Å². The zero-order valence-corrected chi connectivity index (χ0v) is 11.8. The molecule has 0 saturated carbocycles. The third-order valence-corrected chi connectivity index (χ3v) is 3.95. The molecule has 1 aromatic heterocycles. The number of rotatable bonds is 2. The number of anilines is 1. The van der Waals surface area contributed by atoms with Gasteiger partial charge in [-0.3, -0.25) is 5.41 Å². The Hall–Kier alpha value is -2.10. The molecule has 0 amide bonds. The molecule has 1 aromatic carbocycles. The fourth-order valence-corrected chi connectivity index (χ4v) is 2.93. The molecule has 3 N–H and O–H groups in total. The molecule has 3 rings (SSSR count). The number of nitrogens with zero attached hydrogens (tertiary/aromatic N) is 2. The molecule has 1 aliphatic heterocycles. The van der Waals surface area contributed by atoms with Gasteiger partial charge in [0.25, 0.3) is 0 Å². The predicted molar refractivity (Wildman–Crippen MR) is 83.4 cm³/mol. The molecule has 104 valence electrons. The first kappa shape index (κ1) is 12.9. The normalized spacial score (nSPS) is 19.2. The fraction of sp³-hybridized carbons (Fsp3) is 0.375. The minimum Gasteiger partial charge on any atom is -0.384 e. The van der Waals surface area contributed by atoms with Gasteiger partial charge in [0.2, 0.25) is 0 Å². The number of nitrogen functional groups attached to an aromatic ring is 1. The van der Waals surface area contributed by atoms with Crippen LogP contribution in [-0.2, 0) is 0 Å². The summed E-state index contributed by atoms with van der Waals surface area (Å²) in [7, 11) is 0. The van der Waals surface area contributed by atoms with Gasteiger partial charge in [0.15, 0.2) is 0 Å². The Morgan fingerprint density at radius 3 is 2.95 bits per heavy atom. The highest BCUT2D eigenvalue weighted by molar-refractivity contribution is 6.03. The molecule has 4 nitrogen and oxygen atoms in total. The maximum Gasteiger partial charge on any atom is 0.140 e. The molecule has 1 aliphatic rings. The number of aromatic nitrogens is 1. The molecule has 1 unspecified atom stereocenters. The van der Waals surface area contributed by atoms with E-state index in [2.05, 4.69) is 11.8 Å². The lowest BCUT2D eigenvalue weighted by molar-refractivity contribution is 0.444. The van der Waals surface area contributed by atoms with Crippen molar-refractivity contribution in [2.45, 2.75) is 19.8 Å². The number of benzene rings is 1. The lowest BCUT2D eigenvalue weighted by Gasteiger charge is -2.33. The summed E-state index contributed by atoms with van der Waals surface area (Å²) >= 11 is 0. The highest BCUT2D eigenvalue weighted by atomic mass is 15.2. The van der Waals surface area contributed by atoms with Crippen LogP contribution in [-0.4, -0.2) is 23.9 Å². The Balaban J connectivity index is 2.11. The van der Waals surface area contributed by atoms with Gasteiger partial charge < -0.3 is 10.6 Å². The number of amidine groups is 1. The van der Waals surface area contributed by atoms with Crippen LogP contribution in [0.3, 0.4) is 0 Å². The van der Waals surface area contributed by atoms with Gasteiger partial charge in [0.1, 0.15) is 11.7 Å². The summed E-state index contributed by atoms with van der Waals surface area (Å²) in [5, 5.41) is 8.87. The monoisotopic (exact) mass is 268 g/mol. The standard InChI is InChI=1S/C16H20N4/c1-11-5-4-8-20(10-11)16-13(15(17)18)9-12-6-2-3-7-14(12)19-16/h2-3,6-7,9,11H,4-5,8,10H2,1H3,(H3,17,18). The van der Waals surface area contributed by atoms with Gasteiger partial charge >= 0.3 is 0 Å². The van der Waals surface area contributed by atoms with Crippen molar-refractivity contribution >= 4 is 22.6 Å². The van der Waals surface area contributed by atoms with E-state index in [4.69, 9.17) is 16.1 Å². The lowest BCUT2D eigenvalue weighted by atomic mass is 9.99. The van der Waals surface area contributed by atoms with Gasteiger partial charge in [-0.05, 0) is 30.9 Å². The molecule has 0 aliphatic carbocycles. The van der Waals surface area contributed by atoms with Crippen LogP contribution in [0.5, 0.6) is 0 Å². The second-order valence-electron chi connectivity index (χ2n) is 5.66. The van der Waals surface area contributed by atoms with Crippen molar-refractivity contribution in [3.8, 4) is 0 Å². The smallest absolute Gasteiger partial charge is 0.140 e. The van der Waals surface area contributed by atoms with E-state index in [-0.39, 0.29) is 5.84 Å². The number of piperidine rings is 1. The fourth-order valence-electron chi connectivity index (χ4n) is 2.93. The highest BCUT2D eigenvalue weighted by Crippen LogP contribution is 2.27. The maximum atomic E-state index is 7.83. The van der Waals surface area contributed by atoms with Crippen LogP contribution in [0.4, 0.5) is 5.82 Å². The first-order valence-corrected chi connectivity index (χ1v) is 7.14. The van der Waals surface area contributed by atoms with Crippen LogP contribution in [0.1, 0.15) is 25.3 Å². The summed E-state index contributed by atoms with van der Waals surface area (Å²) in [6.07, 6.45) is 2.44. The third kappa shape index (κ3) is 2.33. The summed E-state index contributed by atoms with van der Waals surface area (Å²) in [6, 6.07) is 9.98. The first-order chi connectivity index (χ1) is 9.65. The topological polar surface area (TPSA) is 66.0 Å². The second-order valence-corrected chi connectivity index (χ2v) is 5.66. The van der Waals surface area contributed by atoms with Gasteiger partial charge in [-0.15, -0.1) is 0 Å². The Bertz CT molecular complexity index is 650. The molecule has 1 atom stereocenters. The van der Waals surface area contributed by atoms with Crippen LogP contribution in [0.15, 0.2) is 30.3 Å². The van der Waals surface area contributed by atoms with Crippen molar-refractivity contribution in [3.05, 3.63) is 35.9 Å². The molecule has 20 heavy (non-hydrogen) atoms. The van der Waals surface area contributed by atoms with Crippen molar-refractivity contribution in [1.82, 2.24) is 4.98 Å². The Morgan fingerprint density at radius 1 is 1.40 bits per heavy atom. The molecule has 0 spiro atoms. The zero-order valence-electron chi connectivity index (χ0n) is 11.8. The van der Waals surface area contributed by atoms with Crippen molar-refractivity contribution in [2.24, 2.45) is 11.7 Å². The van der Waals surface area contributed by atoms with E-state index in [1.165, 1.54) is 12.8 Å². The van der Waals surface area contributed by atoms with E-state index in [0.717, 1.165) is 35.4 Å².